The summed E-state index contributed by atoms with van der Waals surface area (Å²) in [5.41, 5.74) is 10.3. The van der Waals surface area contributed by atoms with Crippen LogP contribution in [-0.4, -0.2) is 9.97 Å². The molecule has 0 radical (unpaired) electrons. The summed E-state index contributed by atoms with van der Waals surface area (Å²) in [6.07, 6.45) is 0.800. The zero-order valence-corrected chi connectivity index (χ0v) is 9.73. The average molecular weight is 239 g/mol. The molecule has 4 heteroatoms. The van der Waals surface area contributed by atoms with Crippen LogP contribution in [0.4, 0.5) is 5.69 Å². The summed E-state index contributed by atoms with van der Waals surface area (Å²) >= 11 is 0. The van der Waals surface area contributed by atoms with Crippen molar-refractivity contribution in [2.45, 2.75) is 6.42 Å². The fourth-order valence-corrected chi connectivity index (χ4v) is 2.13. The van der Waals surface area contributed by atoms with Crippen molar-refractivity contribution < 1.29 is 0 Å². The summed E-state index contributed by atoms with van der Waals surface area (Å²) in [6.45, 7) is 0. The van der Waals surface area contributed by atoms with Crippen LogP contribution in [-0.2, 0) is 6.42 Å². The standard InChI is InChI=1S/C14H13N3O/c15-11-3-1-2-9(7-11)6-10-4-5-12-13(8-10)17-14(18)16-12/h1-5,7-8H,6,15H2,(H2,16,17,18). The lowest BCUT2D eigenvalue weighted by molar-refractivity contribution is 1.20. The molecule has 0 saturated carbocycles. The van der Waals surface area contributed by atoms with Gasteiger partial charge in [0.15, 0.2) is 0 Å². The minimum Gasteiger partial charge on any atom is -0.399 e. The van der Waals surface area contributed by atoms with Crippen molar-refractivity contribution in [3.63, 3.8) is 0 Å². The molecule has 0 fully saturated rings. The zero-order valence-electron chi connectivity index (χ0n) is 9.73. The van der Waals surface area contributed by atoms with E-state index in [-0.39, 0.29) is 5.69 Å². The first-order valence-corrected chi connectivity index (χ1v) is 5.76. The van der Waals surface area contributed by atoms with Gasteiger partial charge < -0.3 is 15.7 Å². The SMILES string of the molecule is Nc1cccc(Cc2ccc3[nH]c(=O)[nH]c3c2)c1. The second kappa shape index (κ2) is 4.07. The van der Waals surface area contributed by atoms with Crippen molar-refractivity contribution in [1.82, 2.24) is 9.97 Å². The first kappa shape index (κ1) is 10.7. The van der Waals surface area contributed by atoms with Gasteiger partial charge in [0.1, 0.15) is 0 Å². The van der Waals surface area contributed by atoms with Crippen molar-refractivity contribution in [3.8, 4) is 0 Å². The molecule has 2 aromatic carbocycles. The van der Waals surface area contributed by atoms with Crippen LogP contribution >= 0.6 is 0 Å². The highest BCUT2D eigenvalue weighted by atomic mass is 16.1. The van der Waals surface area contributed by atoms with Crippen molar-refractivity contribution >= 4 is 16.7 Å². The van der Waals surface area contributed by atoms with E-state index in [1.807, 2.05) is 42.5 Å². The first-order chi connectivity index (χ1) is 8.70. The number of rotatable bonds is 2. The lowest BCUT2D eigenvalue weighted by Crippen LogP contribution is -1.99. The highest BCUT2D eigenvalue weighted by Gasteiger charge is 2.01. The summed E-state index contributed by atoms with van der Waals surface area (Å²) in [4.78, 5) is 16.7. The van der Waals surface area contributed by atoms with E-state index in [0.717, 1.165) is 34.3 Å². The molecule has 1 aromatic heterocycles. The molecule has 0 atom stereocenters. The normalized spacial score (nSPS) is 10.9. The van der Waals surface area contributed by atoms with Gasteiger partial charge in [-0.15, -0.1) is 0 Å². The highest BCUT2D eigenvalue weighted by molar-refractivity contribution is 5.75. The summed E-state index contributed by atoms with van der Waals surface area (Å²) in [6, 6.07) is 13.7. The third kappa shape index (κ3) is 2.00. The molecule has 0 bridgehead atoms. The number of H-pyrrole nitrogens is 2. The molecule has 0 aliphatic carbocycles. The van der Waals surface area contributed by atoms with Crippen LogP contribution < -0.4 is 11.4 Å². The van der Waals surface area contributed by atoms with Gasteiger partial charge in [0, 0.05) is 5.69 Å². The minimum absolute atomic E-state index is 0.175. The van der Waals surface area contributed by atoms with Crippen molar-refractivity contribution in [1.29, 1.82) is 0 Å². The van der Waals surface area contributed by atoms with E-state index in [1.165, 1.54) is 0 Å². The average Bonchev–Trinajstić information content (AvgIpc) is 2.68. The molecule has 0 saturated heterocycles. The van der Waals surface area contributed by atoms with E-state index in [0.29, 0.717) is 0 Å². The number of anilines is 1. The summed E-state index contributed by atoms with van der Waals surface area (Å²) < 4.78 is 0. The third-order valence-electron chi connectivity index (χ3n) is 2.94. The largest absolute Gasteiger partial charge is 0.399 e. The predicted octanol–water partition coefficient (Wildman–Crippen LogP) is 2.03. The molecule has 0 spiro atoms. The lowest BCUT2D eigenvalue weighted by Gasteiger charge is -2.03. The number of imidazole rings is 1. The number of nitrogen functional groups attached to an aromatic ring is 1. The van der Waals surface area contributed by atoms with E-state index in [4.69, 9.17) is 5.73 Å². The quantitative estimate of drug-likeness (QED) is 0.598. The molecule has 0 unspecified atom stereocenters. The number of nitrogens with one attached hydrogen (secondary N) is 2. The number of aromatic amines is 2. The van der Waals surface area contributed by atoms with Gasteiger partial charge in [0.05, 0.1) is 11.0 Å². The number of hydrogen-bond acceptors (Lipinski definition) is 2. The lowest BCUT2D eigenvalue weighted by atomic mass is 10.0. The van der Waals surface area contributed by atoms with E-state index < -0.39 is 0 Å². The topological polar surface area (TPSA) is 74.7 Å². The molecule has 0 aliphatic rings. The van der Waals surface area contributed by atoms with Crippen LogP contribution in [0.3, 0.4) is 0 Å². The highest BCUT2D eigenvalue weighted by Crippen LogP contribution is 2.15. The second-order valence-electron chi connectivity index (χ2n) is 4.38. The van der Waals surface area contributed by atoms with Crippen LogP contribution in [0.2, 0.25) is 0 Å². The van der Waals surface area contributed by atoms with E-state index in [9.17, 15) is 4.79 Å². The van der Waals surface area contributed by atoms with Gasteiger partial charge in [-0.05, 0) is 41.8 Å². The summed E-state index contributed by atoms with van der Waals surface area (Å²) in [5, 5.41) is 0. The molecule has 0 aliphatic heterocycles. The fraction of sp³-hybridized carbons (Fsp3) is 0.0714. The fourth-order valence-electron chi connectivity index (χ4n) is 2.13. The van der Waals surface area contributed by atoms with E-state index >= 15 is 0 Å². The number of nitrogens with two attached hydrogens (primary N) is 1. The maximum Gasteiger partial charge on any atom is 0.323 e. The number of hydrogen-bond donors (Lipinski definition) is 3. The molecular weight excluding hydrogens is 226 g/mol. The van der Waals surface area contributed by atoms with E-state index in [1.54, 1.807) is 0 Å². The molecule has 1 heterocycles. The Bertz CT molecular complexity index is 755. The van der Waals surface area contributed by atoms with Crippen molar-refractivity contribution in [3.05, 3.63) is 64.1 Å². The second-order valence-corrected chi connectivity index (χ2v) is 4.38. The number of aromatic nitrogens is 2. The van der Waals surface area contributed by atoms with E-state index in [2.05, 4.69) is 9.97 Å². The Morgan fingerprint density at radius 2 is 1.72 bits per heavy atom. The summed E-state index contributed by atoms with van der Waals surface area (Å²) in [5.74, 6) is 0. The monoisotopic (exact) mass is 239 g/mol. The van der Waals surface area contributed by atoms with Crippen LogP contribution in [0.25, 0.3) is 11.0 Å². The van der Waals surface area contributed by atoms with Gasteiger partial charge in [0.25, 0.3) is 0 Å². The van der Waals surface area contributed by atoms with Crippen LogP contribution in [0.15, 0.2) is 47.3 Å². The number of benzene rings is 2. The van der Waals surface area contributed by atoms with Gasteiger partial charge in [-0.25, -0.2) is 4.79 Å². The van der Waals surface area contributed by atoms with Gasteiger partial charge in [-0.3, -0.25) is 0 Å². The van der Waals surface area contributed by atoms with Crippen molar-refractivity contribution in [2.75, 3.05) is 5.73 Å². The molecule has 4 nitrogen and oxygen atoms in total. The molecule has 0 amide bonds. The minimum atomic E-state index is -0.175. The molecule has 3 rings (SSSR count). The molecule has 90 valence electrons. The van der Waals surface area contributed by atoms with Gasteiger partial charge in [-0.1, -0.05) is 18.2 Å². The van der Waals surface area contributed by atoms with Gasteiger partial charge >= 0.3 is 5.69 Å². The Morgan fingerprint density at radius 3 is 2.56 bits per heavy atom. The van der Waals surface area contributed by atoms with Gasteiger partial charge in [0.2, 0.25) is 0 Å². The predicted molar refractivity (Wildman–Crippen MR) is 72.6 cm³/mol. The van der Waals surface area contributed by atoms with Crippen LogP contribution in [0, 0.1) is 0 Å². The maximum atomic E-state index is 11.2. The van der Waals surface area contributed by atoms with Crippen LogP contribution in [0.1, 0.15) is 11.1 Å². The Balaban J connectivity index is 1.97. The van der Waals surface area contributed by atoms with Gasteiger partial charge in [-0.2, -0.15) is 0 Å². The number of fused-ring (bicyclic) bond motifs is 1. The zero-order chi connectivity index (χ0) is 12.5. The molecule has 18 heavy (non-hydrogen) atoms. The Hall–Kier alpha value is -2.49. The smallest absolute Gasteiger partial charge is 0.323 e. The Labute approximate surface area is 103 Å². The summed E-state index contributed by atoms with van der Waals surface area (Å²) in [7, 11) is 0. The Kier molecular flexibility index (Phi) is 2.41. The molecule has 4 N–H and O–H groups in total. The Morgan fingerprint density at radius 1 is 0.944 bits per heavy atom. The molecule has 3 aromatic rings. The van der Waals surface area contributed by atoms with Crippen LogP contribution in [0.5, 0.6) is 0 Å². The van der Waals surface area contributed by atoms with Crippen molar-refractivity contribution in [2.24, 2.45) is 0 Å². The first-order valence-electron chi connectivity index (χ1n) is 5.76. The molecular formula is C14H13N3O. The third-order valence-corrected chi connectivity index (χ3v) is 2.94. The maximum absolute atomic E-state index is 11.2.